The standard InChI is InChI=1S/C14H15FN2O2/c1-16-9-10-17(14(16)19)8-2-3-13(18)11-4-6-12(15)7-5-11/h4-7,9-10H,2-3,8H2,1H3. The van der Waals surface area contributed by atoms with Crippen LogP contribution >= 0.6 is 0 Å². The zero-order valence-electron chi connectivity index (χ0n) is 10.7. The second-order valence-electron chi connectivity index (χ2n) is 4.42. The summed E-state index contributed by atoms with van der Waals surface area (Å²) in [6.07, 6.45) is 4.31. The molecule has 0 fully saturated rings. The number of imidazole rings is 1. The zero-order chi connectivity index (χ0) is 13.8. The molecular weight excluding hydrogens is 247 g/mol. The highest BCUT2D eigenvalue weighted by Crippen LogP contribution is 2.07. The maximum Gasteiger partial charge on any atom is 0.327 e. The number of Topliss-reactive ketones (excluding diaryl/α,β-unsaturated/α-hetero) is 1. The molecule has 0 aliphatic carbocycles. The summed E-state index contributed by atoms with van der Waals surface area (Å²) in [5, 5.41) is 0. The van der Waals surface area contributed by atoms with E-state index >= 15 is 0 Å². The van der Waals surface area contributed by atoms with Crippen LogP contribution in [0.5, 0.6) is 0 Å². The van der Waals surface area contributed by atoms with Crippen LogP contribution < -0.4 is 5.69 Å². The Labute approximate surface area is 110 Å². The van der Waals surface area contributed by atoms with Crippen molar-refractivity contribution in [2.24, 2.45) is 7.05 Å². The Balaban J connectivity index is 1.89. The van der Waals surface area contributed by atoms with Crippen LogP contribution in [0, 0.1) is 5.82 Å². The molecule has 0 N–H and O–H groups in total. The second kappa shape index (κ2) is 5.65. The molecule has 19 heavy (non-hydrogen) atoms. The van der Waals surface area contributed by atoms with Crippen molar-refractivity contribution in [3.05, 3.63) is 58.5 Å². The van der Waals surface area contributed by atoms with Gasteiger partial charge in [0.1, 0.15) is 5.82 Å². The Kier molecular flexibility index (Phi) is 3.94. The number of aryl methyl sites for hydroxylation is 2. The topological polar surface area (TPSA) is 44.0 Å². The number of carbonyl (C=O) groups excluding carboxylic acids is 1. The van der Waals surface area contributed by atoms with Gasteiger partial charge in [-0.15, -0.1) is 0 Å². The lowest BCUT2D eigenvalue weighted by molar-refractivity contribution is 0.0978. The molecular formula is C14H15FN2O2. The molecule has 0 bridgehead atoms. The average Bonchev–Trinajstić information content (AvgIpc) is 2.71. The van der Waals surface area contributed by atoms with Crippen molar-refractivity contribution >= 4 is 5.78 Å². The molecule has 0 saturated heterocycles. The number of benzene rings is 1. The van der Waals surface area contributed by atoms with Crippen LogP contribution in [0.25, 0.3) is 0 Å². The molecule has 1 aromatic carbocycles. The second-order valence-corrected chi connectivity index (χ2v) is 4.42. The fraction of sp³-hybridized carbons (Fsp3) is 0.286. The molecule has 0 spiro atoms. The van der Waals surface area contributed by atoms with Crippen LogP contribution in [0.3, 0.4) is 0 Å². The monoisotopic (exact) mass is 262 g/mol. The number of aromatic nitrogens is 2. The summed E-state index contributed by atoms with van der Waals surface area (Å²) in [7, 11) is 1.68. The maximum atomic E-state index is 12.7. The van der Waals surface area contributed by atoms with Crippen molar-refractivity contribution in [2.45, 2.75) is 19.4 Å². The van der Waals surface area contributed by atoms with Gasteiger partial charge >= 0.3 is 5.69 Å². The van der Waals surface area contributed by atoms with Gasteiger partial charge in [-0.25, -0.2) is 9.18 Å². The molecule has 0 atom stereocenters. The molecule has 0 amide bonds. The summed E-state index contributed by atoms with van der Waals surface area (Å²) in [5.74, 6) is -0.392. The normalized spacial score (nSPS) is 10.6. The van der Waals surface area contributed by atoms with Crippen LogP contribution in [0.1, 0.15) is 23.2 Å². The first-order valence-corrected chi connectivity index (χ1v) is 6.08. The van der Waals surface area contributed by atoms with Crippen LogP contribution in [0.4, 0.5) is 4.39 Å². The van der Waals surface area contributed by atoms with Gasteiger partial charge in [0.05, 0.1) is 0 Å². The number of hydrogen-bond donors (Lipinski definition) is 0. The molecule has 0 aliphatic heterocycles. The van der Waals surface area contributed by atoms with Crippen molar-refractivity contribution in [2.75, 3.05) is 0 Å². The number of halogens is 1. The molecule has 0 aliphatic rings. The number of hydrogen-bond acceptors (Lipinski definition) is 2. The highest BCUT2D eigenvalue weighted by molar-refractivity contribution is 5.95. The Bertz CT molecular complexity index is 626. The van der Waals surface area contributed by atoms with E-state index < -0.39 is 0 Å². The first-order chi connectivity index (χ1) is 9.08. The fourth-order valence-electron chi connectivity index (χ4n) is 1.87. The van der Waals surface area contributed by atoms with E-state index in [4.69, 9.17) is 0 Å². The lowest BCUT2D eigenvalue weighted by Crippen LogP contribution is -2.22. The van der Waals surface area contributed by atoms with Gasteiger partial charge in [0.15, 0.2) is 5.78 Å². The Morgan fingerprint density at radius 3 is 2.47 bits per heavy atom. The van der Waals surface area contributed by atoms with Crippen molar-refractivity contribution in [1.29, 1.82) is 0 Å². The summed E-state index contributed by atoms with van der Waals surface area (Å²) in [4.78, 5) is 23.4. The molecule has 0 radical (unpaired) electrons. The fourth-order valence-corrected chi connectivity index (χ4v) is 1.87. The molecule has 5 heteroatoms. The third kappa shape index (κ3) is 3.19. The van der Waals surface area contributed by atoms with Crippen LogP contribution in [0.15, 0.2) is 41.5 Å². The first kappa shape index (κ1) is 13.3. The van der Waals surface area contributed by atoms with Gasteiger partial charge in [-0.1, -0.05) is 0 Å². The number of ketones is 1. The smallest absolute Gasteiger partial charge is 0.302 e. The zero-order valence-corrected chi connectivity index (χ0v) is 10.7. The number of carbonyl (C=O) groups is 1. The van der Waals surface area contributed by atoms with E-state index in [0.29, 0.717) is 24.9 Å². The van der Waals surface area contributed by atoms with Crippen LogP contribution in [-0.4, -0.2) is 14.9 Å². The summed E-state index contributed by atoms with van der Waals surface area (Å²) in [5.41, 5.74) is 0.413. The molecule has 0 saturated carbocycles. The summed E-state index contributed by atoms with van der Waals surface area (Å²) >= 11 is 0. The van der Waals surface area contributed by atoms with Crippen molar-refractivity contribution < 1.29 is 9.18 Å². The minimum absolute atomic E-state index is 0.0380. The SMILES string of the molecule is Cn1ccn(CCCC(=O)c2ccc(F)cc2)c1=O. The number of rotatable bonds is 5. The molecule has 0 unspecified atom stereocenters. The van der Waals surface area contributed by atoms with Crippen molar-refractivity contribution in [3.8, 4) is 0 Å². The Morgan fingerprint density at radius 1 is 1.21 bits per heavy atom. The molecule has 2 aromatic rings. The molecule has 100 valence electrons. The first-order valence-electron chi connectivity index (χ1n) is 6.08. The number of nitrogens with zero attached hydrogens (tertiary/aromatic N) is 2. The summed E-state index contributed by atoms with van der Waals surface area (Å²) in [6.45, 7) is 0.507. The lowest BCUT2D eigenvalue weighted by atomic mass is 10.1. The van der Waals surface area contributed by atoms with Crippen molar-refractivity contribution in [1.82, 2.24) is 9.13 Å². The largest absolute Gasteiger partial charge is 0.327 e. The van der Waals surface area contributed by atoms with E-state index in [0.717, 1.165) is 0 Å². The summed E-state index contributed by atoms with van der Waals surface area (Å²) in [6, 6.07) is 5.50. The van der Waals surface area contributed by atoms with Gasteiger partial charge in [0.2, 0.25) is 0 Å². The van der Waals surface area contributed by atoms with Gasteiger partial charge < -0.3 is 4.57 Å². The van der Waals surface area contributed by atoms with Crippen LogP contribution in [0.2, 0.25) is 0 Å². The maximum absolute atomic E-state index is 12.7. The molecule has 4 nitrogen and oxygen atoms in total. The lowest BCUT2D eigenvalue weighted by Gasteiger charge is -2.02. The molecule has 1 heterocycles. The highest BCUT2D eigenvalue weighted by atomic mass is 19.1. The highest BCUT2D eigenvalue weighted by Gasteiger charge is 2.06. The predicted octanol–water partition coefficient (Wildman–Crippen LogP) is 1.99. The summed E-state index contributed by atoms with van der Waals surface area (Å²) < 4.78 is 15.8. The van der Waals surface area contributed by atoms with Gasteiger partial charge in [-0.2, -0.15) is 0 Å². The van der Waals surface area contributed by atoms with E-state index in [1.54, 1.807) is 24.0 Å². The average molecular weight is 262 g/mol. The van der Waals surface area contributed by atoms with E-state index in [1.807, 2.05) is 0 Å². The molecule has 1 aromatic heterocycles. The van der Waals surface area contributed by atoms with Crippen molar-refractivity contribution in [3.63, 3.8) is 0 Å². The van der Waals surface area contributed by atoms with Gasteiger partial charge in [-0.3, -0.25) is 9.36 Å². The Hall–Kier alpha value is -2.17. The van der Waals surface area contributed by atoms with Crippen LogP contribution in [-0.2, 0) is 13.6 Å². The predicted molar refractivity (Wildman–Crippen MR) is 69.6 cm³/mol. The quantitative estimate of drug-likeness (QED) is 0.773. The van der Waals surface area contributed by atoms with Gasteiger partial charge in [0.25, 0.3) is 0 Å². The third-order valence-electron chi connectivity index (χ3n) is 2.99. The van der Waals surface area contributed by atoms with E-state index in [9.17, 15) is 14.0 Å². The Morgan fingerprint density at radius 2 is 1.89 bits per heavy atom. The van der Waals surface area contributed by atoms with E-state index in [1.165, 1.54) is 28.8 Å². The van der Waals surface area contributed by atoms with E-state index in [-0.39, 0.29) is 17.3 Å². The van der Waals surface area contributed by atoms with E-state index in [2.05, 4.69) is 0 Å². The minimum atomic E-state index is -0.354. The van der Waals surface area contributed by atoms with Gasteiger partial charge in [0, 0.05) is 38.0 Å². The molecule has 2 rings (SSSR count). The minimum Gasteiger partial charge on any atom is -0.302 e. The van der Waals surface area contributed by atoms with Gasteiger partial charge in [-0.05, 0) is 30.7 Å². The third-order valence-corrected chi connectivity index (χ3v) is 2.99.